The van der Waals surface area contributed by atoms with E-state index in [1.54, 1.807) is 0 Å². The molecule has 1 aromatic heterocycles. The van der Waals surface area contributed by atoms with E-state index in [4.69, 9.17) is 5.84 Å². The first kappa shape index (κ1) is 12.4. The molecule has 0 saturated carbocycles. The van der Waals surface area contributed by atoms with Crippen molar-refractivity contribution in [3.05, 3.63) is 41.4 Å². The molecular weight excluding hydrogens is 247 g/mol. The van der Waals surface area contributed by atoms with Crippen LogP contribution in [-0.4, -0.2) is 15.8 Å². The maximum atomic E-state index is 12.6. The third kappa shape index (κ3) is 2.59. The number of allylic oxidation sites excluding steroid dienone is 1. The van der Waals surface area contributed by atoms with Crippen LogP contribution in [0.3, 0.4) is 0 Å². The van der Waals surface area contributed by atoms with E-state index in [1.165, 1.54) is 25.3 Å². The Kier molecular flexibility index (Phi) is 2.95. The highest BCUT2D eigenvalue weighted by Crippen LogP contribution is 2.28. The van der Waals surface area contributed by atoms with Gasteiger partial charge in [0.15, 0.2) is 0 Å². The Balaban J connectivity index is 2.41. The number of aromatic nitrogens is 1. The van der Waals surface area contributed by atoms with Gasteiger partial charge in [-0.2, -0.15) is 18.3 Å². The number of halogens is 3. The number of alkyl halides is 3. The van der Waals surface area contributed by atoms with Crippen molar-refractivity contribution in [1.82, 2.24) is 15.6 Å². The summed E-state index contributed by atoms with van der Waals surface area (Å²) in [4.78, 5) is 3.46. The van der Waals surface area contributed by atoms with Crippen molar-refractivity contribution in [3.8, 4) is 0 Å². The highest BCUT2D eigenvalue weighted by Gasteiger charge is 2.33. The number of nitrogens with one attached hydrogen (secondary N) is 1. The Labute approximate surface area is 101 Å². The average molecular weight is 257 g/mol. The van der Waals surface area contributed by atoms with Crippen molar-refractivity contribution in [2.45, 2.75) is 13.1 Å². The Hall–Kier alpha value is -2.09. The molecule has 2 rings (SSSR count). The van der Waals surface area contributed by atoms with Gasteiger partial charge in [0, 0.05) is 17.5 Å². The number of hydrazine groups is 2. The fraction of sp³-hybridized carbons (Fsp3) is 0.200. The van der Waals surface area contributed by atoms with Gasteiger partial charge in [0.2, 0.25) is 0 Å². The second-order valence-corrected chi connectivity index (χ2v) is 3.70. The molecule has 0 atom stereocenters. The van der Waals surface area contributed by atoms with Crippen molar-refractivity contribution in [2.75, 3.05) is 0 Å². The summed E-state index contributed by atoms with van der Waals surface area (Å²) in [5.41, 5.74) is 2.43. The van der Waals surface area contributed by atoms with E-state index < -0.39 is 11.9 Å². The number of pyridine rings is 1. The molecule has 1 aliphatic heterocycles. The van der Waals surface area contributed by atoms with Crippen LogP contribution in [0, 0.1) is 6.92 Å². The van der Waals surface area contributed by atoms with Gasteiger partial charge >= 0.3 is 6.18 Å². The number of nitrogens with two attached hydrogens (primary N) is 1. The Morgan fingerprint density at radius 3 is 2.61 bits per heavy atom. The zero-order valence-corrected chi connectivity index (χ0v) is 9.36. The zero-order chi connectivity index (χ0) is 13.3. The molecule has 8 heteroatoms. The van der Waals surface area contributed by atoms with Gasteiger partial charge in [-0.1, -0.05) is 0 Å². The minimum absolute atomic E-state index is 0.270. The molecule has 0 aromatic carbocycles. The summed E-state index contributed by atoms with van der Waals surface area (Å²) in [6.07, 6.45) is -1.52. The summed E-state index contributed by atoms with van der Waals surface area (Å²) in [5.74, 6) is 5.34. The summed E-state index contributed by atoms with van der Waals surface area (Å²) in [5, 5.41) is 4.92. The van der Waals surface area contributed by atoms with E-state index in [2.05, 4.69) is 15.6 Å². The molecule has 0 saturated heterocycles. The summed E-state index contributed by atoms with van der Waals surface area (Å²) < 4.78 is 37.8. The topological polar surface area (TPSA) is 66.5 Å². The van der Waals surface area contributed by atoms with Gasteiger partial charge in [-0.05, 0) is 25.1 Å². The third-order valence-corrected chi connectivity index (χ3v) is 2.22. The lowest BCUT2D eigenvalue weighted by Gasteiger charge is -2.17. The molecule has 96 valence electrons. The van der Waals surface area contributed by atoms with Crippen molar-refractivity contribution in [2.24, 2.45) is 10.9 Å². The van der Waals surface area contributed by atoms with Crippen molar-refractivity contribution in [3.63, 3.8) is 0 Å². The number of nitrogens with zero attached hydrogens (tertiary/aromatic N) is 3. The molecule has 0 spiro atoms. The molecule has 2 heterocycles. The number of hydrogen-bond acceptors (Lipinski definition) is 5. The molecule has 1 aromatic rings. The van der Waals surface area contributed by atoms with Gasteiger partial charge in [0.25, 0.3) is 0 Å². The van der Waals surface area contributed by atoms with Gasteiger partial charge in [-0.25, -0.2) is 21.5 Å². The van der Waals surface area contributed by atoms with Crippen LogP contribution < -0.4 is 11.4 Å². The fourth-order valence-electron chi connectivity index (χ4n) is 1.46. The number of aryl methyl sites for hydroxylation is 1. The zero-order valence-electron chi connectivity index (χ0n) is 9.36. The molecule has 18 heavy (non-hydrogen) atoms. The lowest BCUT2D eigenvalue weighted by molar-refractivity contribution is -0.141. The lowest BCUT2D eigenvalue weighted by atomic mass is 10.1. The van der Waals surface area contributed by atoms with Crippen LogP contribution in [0.2, 0.25) is 0 Å². The van der Waals surface area contributed by atoms with Crippen LogP contribution in [-0.2, 0) is 6.18 Å². The van der Waals surface area contributed by atoms with E-state index >= 15 is 0 Å². The Morgan fingerprint density at radius 2 is 2.06 bits per heavy atom. The van der Waals surface area contributed by atoms with Crippen LogP contribution in [0.15, 0.2) is 29.5 Å². The van der Waals surface area contributed by atoms with Crippen LogP contribution in [0.25, 0.3) is 0 Å². The van der Waals surface area contributed by atoms with Gasteiger partial charge in [0.05, 0.1) is 5.71 Å². The highest BCUT2D eigenvalue weighted by molar-refractivity contribution is 6.08. The lowest BCUT2D eigenvalue weighted by Crippen LogP contribution is -2.38. The minimum atomic E-state index is -4.48. The van der Waals surface area contributed by atoms with Gasteiger partial charge < -0.3 is 0 Å². The second-order valence-electron chi connectivity index (χ2n) is 3.70. The summed E-state index contributed by atoms with van der Waals surface area (Å²) in [6, 6.07) is 2.47. The minimum Gasteiger partial charge on any atom is -0.249 e. The molecule has 0 fully saturated rings. The van der Waals surface area contributed by atoms with E-state index in [0.717, 1.165) is 11.2 Å². The monoisotopic (exact) mass is 257 g/mol. The van der Waals surface area contributed by atoms with Crippen molar-refractivity contribution < 1.29 is 13.2 Å². The molecule has 0 bridgehead atoms. The molecule has 5 nitrogen and oxygen atoms in total. The highest BCUT2D eigenvalue weighted by atomic mass is 19.4. The number of rotatable bonds is 1. The van der Waals surface area contributed by atoms with E-state index in [-0.39, 0.29) is 5.69 Å². The summed E-state index contributed by atoms with van der Waals surface area (Å²) in [7, 11) is 0. The molecule has 3 N–H and O–H groups in total. The third-order valence-electron chi connectivity index (χ3n) is 2.22. The smallest absolute Gasteiger partial charge is 0.249 e. The molecule has 0 radical (unpaired) electrons. The first-order chi connectivity index (χ1) is 8.36. The quantitative estimate of drug-likeness (QED) is 0.745. The maximum absolute atomic E-state index is 12.6. The molecule has 1 aliphatic rings. The fourth-order valence-corrected chi connectivity index (χ4v) is 1.46. The van der Waals surface area contributed by atoms with E-state index in [0.29, 0.717) is 11.3 Å². The SMILES string of the molecule is Cc1cc(C2=NNN(N)C=C2)cc(C(F)(F)F)n1. The van der Waals surface area contributed by atoms with Gasteiger partial charge in [-0.3, -0.25) is 0 Å². The Morgan fingerprint density at radius 1 is 1.33 bits per heavy atom. The van der Waals surface area contributed by atoms with Crippen LogP contribution >= 0.6 is 0 Å². The molecule has 0 unspecified atom stereocenters. The number of hydrazone groups is 1. The summed E-state index contributed by atoms with van der Waals surface area (Å²) >= 11 is 0. The van der Waals surface area contributed by atoms with Crippen LogP contribution in [0.5, 0.6) is 0 Å². The van der Waals surface area contributed by atoms with Crippen molar-refractivity contribution in [1.29, 1.82) is 0 Å². The number of hydrogen-bond donors (Lipinski definition) is 2. The second kappa shape index (κ2) is 4.30. The standard InChI is InChI=1S/C10H10F3N5/c1-6-4-7(5-9(15-6)10(11,12)13)8-2-3-18(14)17-16-8/h2-5,17H,14H2,1H3. The molecule has 0 aliphatic carbocycles. The predicted octanol–water partition coefficient (Wildman–Crippen LogP) is 1.32. The largest absolute Gasteiger partial charge is 0.433 e. The first-order valence-corrected chi connectivity index (χ1v) is 4.98. The molecule has 0 amide bonds. The van der Waals surface area contributed by atoms with E-state index in [1.807, 2.05) is 0 Å². The molecular formula is C10H10F3N5. The van der Waals surface area contributed by atoms with Crippen molar-refractivity contribution >= 4 is 5.71 Å². The normalized spacial score (nSPS) is 15.4. The Bertz CT molecular complexity index is 521. The summed E-state index contributed by atoms with van der Waals surface area (Å²) in [6.45, 7) is 1.49. The first-order valence-electron chi connectivity index (χ1n) is 4.98. The predicted molar refractivity (Wildman–Crippen MR) is 58.8 cm³/mol. The van der Waals surface area contributed by atoms with Gasteiger partial charge in [0.1, 0.15) is 5.69 Å². The van der Waals surface area contributed by atoms with E-state index in [9.17, 15) is 13.2 Å². The van der Waals surface area contributed by atoms with Gasteiger partial charge in [-0.15, -0.1) is 0 Å². The van der Waals surface area contributed by atoms with Crippen LogP contribution in [0.1, 0.15) is 17.0 Å². The van der Waals surface area contributed by atoms with Crippen LogP contribution in [0.4, 0.5) is 13.2 Å². The maximum Gasteiger partial charge on any atom is 0.433 e. The average Bonchev–Trinajstić information content (AvgIpc) is 2.28.